The highest BCUT2D eigenvalue weighted by Gasteiger charge is 2.16. The summed E-state index contributed by atoms with van der Waals surface area (Å²) in [7, 11) is 0. The summed E-state index contributed by atoms with van der Waals surface area (Å²) in [6.07, 6.45) is 1.89. The normalized spacial score (nSPS) is 16.3. The lowest BCUT2D eigenvalue weighted by Gasteiger charge is -2.29. The molecule has 1 aromatic carbocycles. The number of fused-ring (bicyclic) bond motifs is 1. The highest BCUT2D eigenvalue weighted by atomic mass is 16.3. The van der Waals surface area contributed by atoms with Crippen LogP contribution in [0.4, 0.5) is 5.69 Å². The van der Waals surface area contributed by atoms with E-state index in [4.69, 9.17) is 10.8 Å². The Balaban J connectivity index is 2.07. The number of nitrogens with two attached hydrogens (primary N) is 1. The van der Waals surface area contributed by atoms with Gasteiger partial charge >= 0.3 is 0 Å². The van der Waals surface area contributed by atoms with Crippen molar-refractivity contribution in [3.05, 3.63) is 29.3 Å². The molecule has 0 radical (unpaired) electrons. The van der Waals surface area contributed by atoms with Gasteiger partial charge in [0.05, 0.1) is 0 Å². The van der Waals surface area contributed by atoms with Crippen LogP contribution in [0.1, 0.15) is 17.5 Å². The molecule has 3 heteroatoms. The topological polar surface area (TPSA) is 49.5 Å². The molecule has 0 spiro atoms. The van der Waals surface area contributed by atoms with Gasteiger partial charge in [0.15, 0.2) is 0 Å². The average Bonchev–Trinajstić information content (AvgIpc) is 2.26. The number of benzene rings is 1. The van der Waals surface area contributed by atoms with Gasteiger partial charge in [-0.05, 0) is 30.0 Å². The Labute approximate surface area is 90.5 Å². The molecular formula is C12H18N2O. The van der Waals surface area contributed by atoms with Gasteiger partial charge in [-0.1, -0.05) is 12.1 Å². The van der Waals surface area contributed by atoms with Gasteiger partial charge in [0.1, 0.15) is 0 Å². The number of rotatable bonds is 3. The van der Waals surface area contributed by atoms with Crippen LogP contribution in [0.15, 0.2) is 18.2 Å². The molecular weight excluding hydrogens is 188 g/mol. The Bertz CT molecular complexity index is 338. The lowest BCUT2D eigenvalue weighted by molar-refractivity contribution is 0.212. The van der Waals surface area contributed by atoms with Gasteiger partial charge in [-0.15, -0.1) is 0 Å². The van der Waals surface area contributed by atoms with E-state index in [0.717, 1.165) is 38.2 Å². The highest BCUT2D eigenvalue weighted by molar-refractivity contribution is 5.51. The Hall–Kier alpha value is -1.06. The second-order valence-corrected chi connectivity index (χ2v) is 4.09. The van der Waals surface area contributed by atoms with Crippen LogP contribution in [0, 0.1) is 0 Å². The lowest BCUT2D eigenvalue weighted by atomic mass is 9.98. The smallest absolute Gasteiger partial charge is 0.0443 e. The highest BCUT2D eigenvalue weighted by Crippen LogP contribution is 2.23. The van der Waals surface area contributed by atoms with Gasteiger partial charge in [-0.2, -0.15) is 0 Å². The first-order chi connectivity index (χ1) is 7.31. The second kappa shape index (κ2) is 4.64. The molecule has 1 aliphatic heterocycles. The molecule has 0 aromatic heterocycles. The number of anilines is 1. The van der Waals surface area contributed by atoms with Gasteiger partial charge in [0.25, 0.3) is 0 Å². The predicted octanol–water partition coefficient (Wildman–Crippen LogP) is 1.01. The Kier molecular flexibility index (Phi) is 3.23. The largest absolute Gasteiger partial charge is 0.398 e. The van der Waals surface area contributed by atoms with E-state index in [-0.39, 0.29) is 6.61 Å². The molecule has 1 heterocycles. The third-order valence-corrected chi connectivity index (χ3v) is 3.01. The van der Waals surface area contributed by atoms with Crippen LogP contribution in [0.2, 0.25) is 0 Å². The van der Waals surface area contributed by atoms with Crippen molar-refractivity contribution in [2.75, 3.05) is 25.4 Å². The summed E-state index contributed by atoms with van der Waals surface area (Å²) in [6.45, 7) is 3.28. The van der Waals surface area contributed by atoms with Crippen molar-refractivity contribution in [3.8, 4) is 0 Å². The fourth-order valence-corrected chi connectivity index (χ4v) is 2.18. The first-order valence-corrected chi connectivity index (χ1v) is 5.50. The van der Waals surface area contributed by atoms with Gasteiger partial charge in [0.2, 0.25) is 0 Å². The van der Waals surface area contributed by atoms with Gasteiger partial charge in [-0.3, -0.25) is 4.90 Å². The van der Waals surface area contributed by atoms with E-state index in [1.54, 1.807) is 0 Å². The minimum Gasteiger partial charge on any atom is -0.398 e. The van der Waals surface area contributed by atoms with Gasteiger partial charge in [-0.25, -0.2) is 0 Å². The van der Waals surface area contributed by atoms with Crippen LogP contribution in [0.3, 0.4) is 0 Å². The number of aliphatic hydroxyl groups is 1. The second-order valence-electron chi connectivity index (χ2n) is 4.09. The maximum atomic E-state index is 8.79. The monoisotopic (exact) mass is 206 g/mol. The molecule has 1 aliphatic rings. The van der Waals surface area contributed by atoms with E-state index in [2.05, 4.69) is 11.0 Å². The Morgan fingerprint density at radius 3 is 3.07 bits per heavy atom. The first-order valence-electron chi connectivity index (χ1n) is 5.50. The third-order valence-electron chi connectivity index (χ3n) is 3.01. The quantitative estimate of drug-likeness (QED) is 0.726. The molecule has 0 amide bonds. The molecule has 0 atom stereocenters. The van der Waals surface area contributed by atoms with Crippen molar-refractivity contribution in [2.45, 2.75) is 19.4 Å². The summed E-state index contributed by atoms with van der Waals surface area (Å²) < 4.78 is 0. The van der Waals surface area contributed by atoms with E-state index in [1.807, 2.05) is 12.1 Å². The first kappa shape index (κ1) is 10.5. The van der Waals surface area contributed by atoms with Gasteiger partial charge in [0, 0.05) is 31.9 Å². The van der Waals surface area contributed by atoms with E-state index in [1.165, 1.54) is 11.1 Å². The van der Waals surface area contributed by atoms with Crippen molar-refractivity contribution < 1.29 is 5.11 Å². The minimum absolute atomic E-state index is 0.278. The number of hydrogen-bond acceptors (Lipinski definition) is 3. The van der Waals surface area contributed by atoms with Crippen LogP contribution >= 0.6 is 0 Å². The minimum atomic E-state index is 0.278. The number of hydrogen-bond donors (Lipinski definition) is 2. The number of nitrogens with zero attached hydrogens (tertiary/aromatic N) is 1. The zero-order chi connectivity index (χ0) is 10.7. The van der Waals surface area contributed by atoms with Crippen molar-refractivity contribution in [2.24, 2.45) is 0 Å². The molecule has 0 saturated heterocycles. The van der Waals surface area contributed by atoms with Crippen molar-refractivity contribution >= 4 is 5.69 Å². The third kappa shape index (κ3) is 2.30. The van der Waals surface area contributed by atoms with E-state index in [0.29, 0.717) is 0 Å². The van der Waals surface area contributed by atoms with Crippen molar-refractivity contribution in [1.82, 2.24) is 4.90 Å². The van der Waals surface area contributed by atoms with Crippen LogP contribution in [0.5, 0.6) is 0 Å². The molecule has 3 N–H and O–H groups in total. The standard InChI is InChI=1S/C12H18N2O/c13-12-4-1-3-10-9-14(6-2-8-15)7-5-11(10)12/h1,3-4,15H,2,5-9,13H2. The molecule has 2 rings (SSSR count). The summed E-state index contributed by atoms with van der Waals surface area (Å²) in [4.78, 5) is 2.37. The number of nitrogen functional groups attached to an aromatic ring is 1. The average molecular weight is 206 g/mol. The summed E-state index contributed by atoms with van der Waals surface area (Å²) in [6, 6.07) is 6.14. The van der Waals surface area contributed by atoms with Gasteiger partial charge < -0.3 is 10.8 Å². The summed E-state index contributed by atoms with van der Waals surface area (Å²) in [5, 5.41) is 8.79. The zero-order valence-corrected chi connectivity index (χ0v) is 8.95. The van der Waals surface area contributed by atoms with E-state index >= 15 is 0 Å². The van der Waals surface area contributed by atoms with Crippen LogP contribution in [-0.2, 0) is 13.0 Å². The molecule has 82 valence electrons. The molecule has 15 heavy (non-hydrogen) atoms. The van der Waals surface area contributed by atoms with Crippen LogP contribution < -0.4 is 5.73 Å². The fourth-order valence-electron chi connectivity index (χ4n) is 2.18. The molecule has 1 aromatic rings. The molecule has 0 aliphatic carbocycles. The maximum absolute atomic E-state index is 8.79. The fraction of sp³-hybridized carbons (Fsp3) is 0.500. The zero-order valence-electron chi connectivity index (χ0n) is 8.95. The maximum Gasteiger partial charge on any atom is 0.0443 e. The SMILES string of the molecule is Nc1cccc2c1CCN(CCCO)C2. The summed E-state index contributed by atoms with van der Waals surface area (Å²) >= 11 is 0. The molecule has 3 nitrogen and oxygen atoms in total. The van der Waals surface area contributed by atoms with E-state index < -0.39 is 0 Å². The lowest BCUT2D eigenvalue weighted by Crippen LogP contribution is -2.32. The van der Waals surface area contributed by atoms with E-state index in [9.17, 15) is 0 Å². The van der Waals surface area contributed by atoms with Crippen LogP contribution in [-0.4, -0.2) is 29.7 Å². The van der Waals surface area contributed by atoms with Crippen molar-refractivity contribution in [1.29, 1.82) is 0 Å². The molecule has 0 unspecified atom stereocenters. The summed E-state index contributed by atoms with van der Waals surface area (Å²) in [5.74, 6) is 0. The molecule has 0 bridgehead atoms. The van der Waals surface area contributed by atoms with Crippen LogP contribution in [0.25, 0.3) is 0 Å². The predicted molar refractivity (Wildman–Crippen MR) is 61.5 cm³/mol. The number of aliphatic hydroxyl groups excluding tert-OH is 1. The Morgan fingerprint density at radius 2 is 2.27 bits per heavy atom. The Morgan fingerprint density at radius 1 is 1.40 bits per heavy atom. The summed E-state index contributed by atoms with van der Waals surface area (Å²) in [5.41, 5.74) is 9.52. The molecule has 0 fully saturated rings. The molecule has 0 saturated carbocycles. The van der Waals surface area contributed by atoms with Crippen molar-refractivity contribution in [3.63, 3.8) is 0 Å².